The van der Waals surface area contributed by atoms with Gasteiger partial charge in [0.1, 0.15) is 11.6 Å². The van der Waals surface area contributed by atoms with Gasteiger partial charge in [-0.3, -0.25) is 4.99 Å². The molecule has 0 bridgehead atoms. The van der Waals surface area contributed by atoms with Crippen molar-refractivity contribution < 1.29 is 0 Å². The zero-order valence-electron chi connectivity index (χ0n) is 16.5. The van der Waals surface area contributed by atoms with E-state index in [0.717, 1.165) is 63.0 Å². The molecule has 2 aliphatic heterocycles. The second-order valence-corrected chi connectivity index (χ2v) is 7.90. The molecule has 0 aliphatic carbocycles. The van der Waals surface area contributed by atoms with E-state index < -0.39 is 0 Å². The van der Waals surface area contributed by atoms with Crippen LogP contribution in [-0.2, 0) is 13.0 Å². The summed E-state index contributed by atoms with van der Waals surface area (Å²) in [7, 11) is 1.88. The van der Waals surface area contributed by atoms with E-state index >= 15 is 0 Å². The number of aryl methyl sites for hydroxylation is 2. The van der Waals surface area contributed by atoms with Crippen LogP contribution in [0.2, 0.25) is 0 Å². The average molecular weight is 371 g/mol. The molecule has 1 N–H and O–H groups in total. The Morgan fingerprint density at radius 3 is 2.96 bits per heavy atom. The molecule has 0 amide bonds. The molecule has 4 rings (SSSR count). The maximum Gasteiger partial charge on any atom is 0.193 e. The summed E-state index contributed by atoms with van der Waals surface area (Å²) in [5, 5.41) is 12.1. The van der Waals surface area contributed by atoms with Crippen LogP contribution in [0.1, 0.15) is 37.5 Å². The minimum absolute atomic E-state index is 0.441. The van der Waals surface area contributed by atoms with Crippen molar-refractivity contribution in [1.82, 2.24) is 34.5 Å². The summed E-state index contributed by atoms with van der Waals surface area (Å²) in [4.78, 5) is 11.2. The number of nitrogens with zero attached hydrogens (tertiary/aromatic N) is 7. The van der Waals surface area contributed by atoms with Crippen LogP contribution in [0.25, 0.3) is 0 Å². The van der Waals surface area contributed by atoms with Crippen molar-refractivity contribution in [2.45, 2.75) is 45.7 Å². The normalized spacial score (nSPS) is 26.1. The van der Waals surface area contributed by atoms with Gasteiger partial charge < -0.3 is 19.4 Å². The van der Waals surface area contributed by atoms with Crippen LogP contribution < -0.4 is 5.32 Å². The molecule has 1 fully saturated rings. The van der Waals surface area contributed by atoms with E-state index in [-0.39, 0.29) is 0 Å². The smallest absolute Gasteiger partial charge is 0.193 e. The highest BCUT2D eigenvalue weighted by Gasteiger charge is 2.29. The number of fused-ring (bicyclic) bond motifs is 1. The van der Waals surface area contributed by atoms with Crippen molar-refractivity contribution in [2.75, 3.05) is 26.7 Å². The molecule has 0 spiro atoms. The minimum atomic E-state index is 0.441. The molecular weight excluding hydrogens is 340 g/mol. The Morgan fingerprint density at radius 2 is 2.19 bits per heavy atom. The van der Waals surface area contributed by atoms with Crippen LogP contribution in [0.3, 0.4) is 0 Å². The summed E-state index contributed by atoms with van der Waals surface area (Å²) in [6, 6.07) is 0.441. The van der Waals surface area contributed by atoms with Crippen LogP contribution in [0, 0.1) is 18.8 Å². The molecule has 4 heterocycles. The van der Waals surface area contributed by atoms with E-state index in [9.17, 15) is 0 Å². The van der Waals surface area contributed by atoms with E-state index in [4.69, 9.17) is 0 Å². The Balaban J connectivity index is 1.36. The maximum atomic E-state index is 4.56. The molecule has 2 aliphatic rings. The van der Waals surface area contributed by atoms with Crippen LogP contribution in [0.5, 0.6) is 0 Å². The molecule has 27 heavy (non-hydrogen) atoms. The molecule has 146 valence electrons. The van der Waals surface area contributed by atoms with Gasteiger partial charge in [-0.2, -0.15) is 0 Å². The van der Waals surface area contributed by atoms with Gasteiger partial charge in [0.2, 0.25) is 0 Å². The Kier molecular flexibility index (Phi) is 5.13. The molecule has 0 radical (unpaired) electrons. The number of hydrogen-bond acceptors (Lipinski definition) is 4. The van der Waals surface area contributed by atoms with Crippen molar-refractivity contribution in [1.29, 1.82) is 0 Å². The first kappa shape index (κ1) is 18.0. The van der Waals surface area contributed by atoms with Crippen LogP contribution in [0.15, 0.2) is 23.7 Å². The molecule has 8 heteroatoms. The number of imidazole rings is 1. The fraction of sp³-hybridized carbons (Fsp3) is 0.684. The van der Waals surface area contributed by atoms with Gasteiger partial charge in [-0.05, 0) is 31.6 Å². The van der Waals surface area contributed by atoms with Gasteiger partial charge in [0.25, 0.3) is 0 Å². The third-order valence-electron chi connectivity index (χ3n) is 6.12. The predicted molar refractivity (Wildman–Crippen MR) is 105 cm³/mol. The summed E-state index contributed by atoms with van der Waals surface area (Å²) >= 11 is 0. The summed E-state index contributed by atoms with van der Waals surface area (Å²) in [5.74, 6) is 4.38. The molecule has 2 aromatic rings. The zero-order valence-corrected chi connectivity index (χ0v) is 16.5. The van der Waals surface area contributed by atoms with Gasteiger partial charge in [-0.1, -0.05) is 6.92 Å². The number of aromatic nitrogens is 5. The number of guanidine groups is 1. The topological polar surface area (TPSA) is 76.2 Å². The number of aliphatic imine (C=N–C) groups is 1. The number of hydrogen-bond donors (Lipinski definition) is 1. The third kappa shape index (κ3) is 3.70. The van der Waals surface area contributed by atoms with Crippen molar-refractivity contribution in [3.8, 4) is 0 Å². The maximum absolute atomic E-state index is 4.56. The minimum Gasteiger partial charge on any atom is -0.356 e. The molecule has 3 unspecified atom stereocenters. The molecular formula is C19H30N8. The summed E-state index contributed by atoms with van der Waals surface area (Å²) in [5.41, 5.74) is 0. The van der Waals surface area contributed by atoms with Gasteiger partial charge in [0.05, 0.1) is 12.4 Å². The zero-order chi connectivity index (χ0) is 18.8. The molecule has 3 atom stereocenters. The highest BCUT2D eigenvalue weighted by Crippen LogP contribution is 2.27. The van der Waals surface area contributed by atoms with E-state index in [0.29, 0.717) is 17.9 Å². The SMILES string of the molecule is CN=C(NCC1CCc2nnc(C)n2C1)N1CCC(C)C(n2ccnc2)C1. The lowest BCUT2D eigenvalue weighted by Gasteiger charge is -2.39. The average Bonchev–Trinajstić information content (AvgIpc) is 3.34. The fourth-order valence-corrected chi connectivity index (χ4v) is 4.36. The Hall–Kier alpha value is -2.38. The van der Waals surface area contributed by atoms with Crippen molar-refractivity contribution >= 4 is 5.96 Å². The van der Waals surface area contributed by atoms with Crippen molar-refractivity contribution in [3.05, 3.63) is 30.4 Å². The second kappa shape index (κ2) is 7.70. The first-order chi connectivity index (χ1) is 13.2. The summed E-state index contributed by atoms with van der Waals surface area (Å²) in [6.45, 7) is 8.32. The Labute approximate surface area is 160 Å². The second-order valence-electron chi connectivity index (χ2n) is 7.90. The molecule has 0 saturated carbocycles. The van der Waals surface area contributed by atoms with E-state index in [1.807, 2.05) is 26.5 Å². The number of likely N-dealkylation sites (tertiary alicyclic amines) is 1. The standard InChI is InChI=1S/C19H30N8/c1-14-6-8-25(12-17(14)26-9-7-21-13-26)19(20-3)22-10-16-4-5-18-24-23-15(2)27(18)11-16/h7,9,13-14,16-17H,4-6,8,10-12H2,1-3H3,(H,20,22). The molecule has 8 nitrogen and oxygen atoms in total. The van der Waals surface area contributed by atoms with Gasteiger partial charge in [-0.15, -0.1) is 10.2 Å². The van der Waals surface area contributed by atoms with Gasteiger partial charge in [-0.25, -0.2) is 4.98 Å². The van der Waals surface area contributed by atoms with E-state index in [2.05, 4.69) is 52.6 Å². The first-order valence-electron chi connectivity index (χ1n) is 9.97. The van der Waals surface area contributed by atoms with E-state index in [1.54, 1.807) is 0 Å². The van der Waals surface area contributed by atoms with Crippen LogP contribution >= 0.6 is 0 Å². The van der Waals surface area contributed by atoms with E-state index in [1.165, 1.54) is 0 Å². The van der Waals surface area contributed by atoms with Gasteiger partial charge in [0, 0.05) is 52.0 Å². The van der Waals surface area contributed by atoms with Crippen LogP contribution in [0.4, 0.5) is 0 Å². The Bertz CT molecular complexity index is 778. The lowest BCUT2D eigenvalue weighted by Crippen LogP contribution is -2.50. The molecule has 2 aromatic heterocycles. The number of piperidine rings is 1. The Morgan fingerprint density at radius 1 is 1.30 bits per heavy atom. The summed E-state index contributed by atoms with van der Waals surface area (Å²) in [6.07, 6.45) is 9.19. The van der Waals surface area contributed by atoms with Gasteiger partial charge in [0.15, 0.2) is 5.96 Å². The molecule has 0 aromatic carbocycles. The molecule has 1 saturated heterocycles. The lowest BCUT2D eigenvalue weighted by atomic mass is 9.93. The third-order valence-corrected chi connectivity index (χ3v) is 6.12. The lowest BCUT2D eigenvalue weighted by molar-refractivity contribution is 0.188. The largest absolute Gasteiger partial charge is 0.356 e. The highest BCUT2D eigenvalue weighted by molar-refractivity contribution is 5.80. The van der Waals surface area contributed by atoms with Crippen molar-refractivity contribution in [3.63, 3.8) is 0 Å². The quantitative estimate of drug-likeness (QED) is 0.655. The fourth-order valence-electron chi connectivity index (χ4n) is 4.36. The number of rotatable bonds is 3. The number of nitrogens with one attached hydrogen (secondary N) is 1. The summed E-state index contributed by atoms with van der Waals surface area (Å²) < 4.78 is 4.50. The monoisotopic (exact) mass is 370 g/mol. The highest BCUT2D eigenvalue weighted by atomic mass is 15.3. The predicted octanol–water partition coefficient (Wildman–Crippen LogP) is 1.50. The van der Waals surface area contributed by atoms with Crippen LogP contribution in [-0.4, -0.2) is 61.9 Å². The van der Waals surface area contributed by atoms with Gasteiger partial charge >= 0.3 is 0 Å². The van der Waals surface area contributed by atoms with Crippen molar-refractivity contribution in [2.24, 2.45) is 16.8 Å². The first-order valence-corrected chi connectivity index (χ1v) is 9.97.